The van der Waals surface area contributed by atoms with Crippen molar-refractivity contribution in [3.05, 3.63) is 59.7 Å². The Morgan fingerprint density at radius 3 is 2.24 bits per heavy atom. The van der Waals surface area contributed by atoms with Gasteiger partial charge in [-0.3, -0.25) is 9.59 Å². The molecule has 34 heavy (non-hydrogen) atoms. The van der Waals surface area contributed by atoms with Crippen LogP contribution in [0.1, 0.15) is 50.2 Å². The molecular formula is C27H30N2O5. The smallest absolute Gasteiger partial charge is 0.407 e. The number of amides is 2. The Hall–Kier alpha value is -3.35. The molecule has 2 fully saturated rings. The summed E-state index contributed by atoms with van der Waals surface area (Å²) < 4.78 is 5.56. The first kappa shape index (κ1) is 22.4. The van der Waals surface area contributed by atoms with Gasteiger partial charge >= 0.3 is 12.1 Å². The van der Waals surface area contributed by atoms with Crippen LogP contribution in [0.2, 0.25) is 0 Å². The van der Waals surface area contributed by atoms with Crippen molar-refractivity contribution in [3.8, 4) is 11.1 Å². The molecule has 7 heteroatoms. The fraction of sp³-hybridized carbons (Fsp3) is 0.444. The maximum Gasteiger partial charge on any atom is 0.407 e. The number of aliphatic carboxylic acids is 1. The minimum Gasteiger partial charge on any atom is -0.481 e. The number of carbonyl (C=O) groups excluding carboxylic acids is 2. The Labute approximate surface area is 198 Å². The van der Waals surface area contributed by atoms with Crippen LogP contribution in [0.25, 0.3) is 11.1 Å². The van der Waals surface area contributed by atoms with Gasteiger partial charge in [-0.05, 0) is 61.3 Å². The molecule has 178 valence electrons. The second kappa shape index (κ2) is 8.15. The molecular weight excluding hydrogens is 432 g/mol. The summed E-state index contributed by atoms with van der Waals surface area (Å²) in [7, 11) is 0. The largest absolute Gasteiger partial charge is 0.481 e. The van der Waals surface area contributed by atoms with E-state index in [-0.39, 0.29) is 36.9 Å². The number of carboxylic acids is 1. The molecule has 2 aromatic carbocycles. The number of nitrogens with one attached hydrogen (secondary N) is 2. The van der Waals surface area contributed by atoms with Gasteiger partial charge in [-0.2, -0.15) is 0 Å². The lowest BCUT2D eigenvalue weighted by Crippen LogP contribution is -2.48. The fourth-order valence-corrected chi connectivity index (χ4v) is 5.67. The van der Waals surface area contributed by atoms with Gasteiger partial charge in [0, 0.05) is 18.5 Å². The third-order valence-corrected chi connectivity index (χ3v) is 7.81. The van der Waals surface area contributed by atoms with Crippen molar-refractivity contribution >= 4 is 18.0 Å². The zero-order chi connectivity index (χ0) is 24.1. The van der Waals surface area contributed by atoms with Gasteiger partial charge in [0.05, 0.1) is 10.8 Å². The summed E-state index contributed by atoms with van der Waals surface area (Å²) in [5.74, 6) is -0.814. The Bertz CT molecular complexity index is 1110. The van der Waals surface area contributed by atoms with Crippen molar-refractivity contribution in [2.24, 2.45) is 16.7 Å². The van der Waals surface area contributed by atoms with E-state index < -0.39 is 22.9 Å². The first-order valence-corrected chi connectivity index (χ1v) is 11.8. The molecule has 5 rings (SSSR count). The predicted molar refractivity (Wildman–Crippen MR) is 126 cm³/mol. The highest BCUT2D eigenvalue weighted by atomic mass is 16.5. The Morgan fingerprint density at radius 1 is 1.03 bits per heavy atom. The molecule has 0 heterocycles. The molecule has 2 amide bonds. The Kier molecular flexibility index (Phi) is 5.38. The number of benzene rings is 2. The quantitative estimate of drug-likeness (QED) is 0.579. The molecule has 2 aromatic rings. The van der Waals surface area contributed by atoms with Gasteiger partial charge in [0.1, 0.15) is 6.61 Å². The van der Waals surface area contributed by atoms with Crippen molar-refractivity contribution in [1.29, 1.82) is 0 Å². The van der Waals surface area contributed by atoms with E-state index in [4.69, 9.17) is 4.74 Å². The van der Waals surface area contributed by atoms with Crippen LogP contribution >= 0.6 is 0 Å². The molecule has 0 bridgehead atoms. The Morgan fingerprint density at radius 2 is 1.65 bits per heavy atom. The van der Waals surface area contributed by atoms with Crippen molar-refractivity contribution < 1.29 is 24.2 Å². The average molecular weight is 463 g/mol. The van der Waals surface area contributed by atoms with Gasteiger partial charge in [-0.15, -0.1) is 0 Å². The number of fused-ring (bicyclic) bond motifs is 4. The number of carboxylic acid groups (broad SMARTS) is 1. The van der Waals surface area contributed by atoms with E-state index in [0.29, 0.717) is 19.3 Å². The van der Waals surface area contributed by atoms with Crippen LogP contribution in [-0.4, -0.2) is 42.3 Å². The topological polar surface area (TPSA) is 105 Å². The zero-order valence-electron chi connectivity index (χ0n) is 19.5. The monoisotopic (exact) mass is 462 g/mol. The lowest BCUT2D eigenvalue weighted by atomic mass is 9.91. The minimum atomic E-state index is -0.852. The van der Waals surface area contributed by atoms with Crippen molar-refractivity contribution in [1.82, 2.24) is 10.6 Å². The summed E-state index contributed by atoms with van der Waals surface area (Å²) in [5, 5.41) is 15.2. The Balaban J connectivity index is 1.13. The van der Waals surface area contributed by atoms with Crippen LogP contribution in [0, 0.1) is 16.7 Å². The van der Waals surface area contributed by atoms with Crippen molar-refractivity contribution in [2.75, 3.05) is 13.2 Å². The van der Waals surface area contributed by atoms with Crippen LogP contribution in [0.15, 0.2) is 48.5 Å². The molecule has 3 aliphatic rings. The molecule has 3 atom stereocenters. The molecule has 0 spiro atoms. The molecule has 3 aliphatic carbocycles. The van der Waals surface area contributed by atoms with Gasteiger partial charge < -0.3 is 20.5 Å². The SMILES string of the molecule is CC(C)(CNC(=O)OCC1c2ccccc2-c2ccccc21)C(=O)N[C@@H]1C[C@H]2C[C@@]2(C(=O)O)C1. The van der Waals surface area contributed by atoms with E-state index in [1.165, 1.54) is 11.1 Å². The van der Waals surface area contributed by atoms with Crippen molar-refractivity contribution in [3.63, 3.8) is 0 Å². The lowest BCUT2D eigenvalue weighted by molar-refractivity contribution is -0.144. The first-order chi connectivity index (χ1) is 16.2. The minimum absolute atomic E-state index is 0.0233. The van der Waals surface area contributed by atoms with Gasteiger partial charge in [0.2, 0.25) is 5.91 Å². The average Bonchev–Trinajstić information content (AvgIpc) is 3.25. The number of hydrogen-bond acceptors (Lipinski definition) is 4. The predicted octanol–water partition coefficient (Wildman–Crippen LogP) is 3.92. The molecule has 0 saturated heterocycles. The second-order valence-electron chi connectivity index (χ2n) is 10.5. The van der Waals surface area contributed by atoms with E-state index in [9.17, 15) is 19.5 Å². The third-order valence-electron chi connectivity index (χ3n) is 7.81. The molecule has 7 nitrogen and oxygen atoms in total. The molecule has 2 saturated carbocycles. The van der Waals surface area contributed by atoms with Crippen LogP contribution < -0.4 is 10.6 Å². The molecule has 0 radical (unpaired) electrons. The van der Waals surface area contributed by atoms with Gasteiger partial charge in [-0.1, -0.05) is 48.5 Å². The fourth-order valence-electron chi connectivity index (χ4n) is 5.67. The van der Waals surface area contributed by atoms with E-state index in [2.05, 4.69) is 34.9 Å². The summed E-state index contributed by atoms with van der Waals surface area (Å²) in [5.41, 5.74) is 3.13. The number of carbonyl (C=O) groups is 3. The highest BCUT2D eigenvalue weighted by molar-refractivity contribution is 5.84. The standard InChI is InChI=1S/C27H30N2O5/c1-26(2,23(30)29-17-11-16-12-27(16,13-17)24(31)32)15-28-25(33)34-14-22-20-9-5-3-7-18(20)19-8-4-6-10-21(19)22/h3-10,16-17,22H,11-15H2,1-2H3,(H,28,33)(H,29,30)(H,31,32)/t16-,17+,27+/m0/s1. The molecule has 3 N–H and O–H groups in total. The summed E-state index contributed by atoms with van der Waals surface area (Å²) >= 11 is 0. The maximum absolute atomic E-state index is 12.8. The summed E-state index contributed by atoms with van der Waals surface area (Å²) in [6.07, 6.45) is 1.33. The normalized spacial score (nSPS) is 24.5. The lowest BCUT2D eigenvalue weighted by Gasteiger charge is -2.27. The summed E-state index contributed by atoms with van der Waals surface area (Å²) in [6.45, 7) is 3.85. The van der Waals surface area contributed by atoms with E-state index in [1.54, 1.807) is 13.8 Å². The van der Waals surface area contributed by atoms with E-state index in [0.717, 1.165) is 11.1 Å². The maximum atomic E-state index is 12.8. The van der Waals surface area contributed by atoms with Crippen LogP contribution in [-0.2, 0) is 14.3 Å². The highest BCUT2D eigenvalue weighted by Gasteiger charge is 2.65. The van der Waals surface area contributed by atoms with Crippen LogP contribution in [0.4, 0.5) is 4.79 Å². The summed E-state index contributed by atoms with van der Waals surface area (Å²) in [6, 6.07) is 16.2. The van der Waals surface area contributed by atoms with Gasteiger partial charge in [0.15, 0.2) is 0 Å². The van der Waals surface area contributed by atoms with E-state index in [1.807, 2.05) is 24.3 Å². The second-order valence-corrected chi connectivity index (χ2v) is 10.5. The number of ether oxygens (including phenoxy) is 1. The third kappa shape index (κ3) is 3.83. The zero-order valence-corrected chi connectivity index (χ0v) is 19.5. The molecule has 0 unspecified atom stereocenters. The summed E-state index contributed by atoms with van der Waals surface area (Å²) in [4.78, 5) is 36.8. The van der Waals surface area contributed by atoms with Gasteiger partial charge in [0.25, 0.3) is 0 Å². The van der Waals surface area contributed by atoms with E-state index >= 15 is 0 Å². The highest BCUT2D eigenvalue weighted by Crippen LogP contribution is 2.63. The van der Waals surface area contributed by atoms with Crippen molar-refractivity contribution in [2.45, 2.75) is 45.1 Å². The van der Waals surface area contributed by atoms with Crippen LogP contribution in [0.3, 0.4) is 0 Å². The van der Waals surface area contributed by atoms with Gasteiger partial charge in [-0.25, -0.2) is 4.79 Å². The number of rotatable bonds is 7. The number of alkyl carbamates (subject to hydrolysis) is 1. The first-order valence-electron chi connectivity index (χ1n) is 11.8. The molecule has 0 aromatic heterocycles. The molecule has 0 aliphatic heterocycles. The number of hydrogen-bond donors (Lipinski definition) is 3. The van der Waals surface area contributed by atoms with Crippen LogP contribution in [0.5, 0.6) is 0 Å².